The summed E-state index contributed by atoms with van der Waals surface area (Å²) in [5.41, 5.74) is 0. The Hall–Kier alpha value is -0.0100. The summed E-state index contributed by atoms with van der Waals surface area (Å²) >= 11 is 10.2. The van der Waals surface area contributed by atoms with Gasteiger partial charge in [-0.05, 0) is 25.3 Å². The summed E-state index contributed by atoms with van der Waals surface area (Å²) in [5.74, 6) is 2.50. The lowest BCUT2D eigenvalue weighted by Crippen LogP contribution is -2.37. The van der Waals surface area contributed by atoms with Crippen LogP contribution in [-0.4, -0.2) is 34.6 Å². The van der Waals surface area contributed by atoms with Gasteiger partial charge in [0, 0.05) is 11.2 Å². The third-order valence-corrected chi connectivity index (χ3v) is 5.24. The molecule has 0 aromatic rings. The van der Waals surface area contributed by atoms with Gasteiger partial charge in [-0.15, -0.1) is 18.0 Å². The standard InChI is InChI=1S/C15H20BrClO2/c1-3-5-6-7-13-15-9-14(19-13)11(17)8-10(16)12(4-2)18-15/h1,5-6,10-15H,4,7-9H2,2H3/b6-5+/t10-,11-,12+,13?,14-,15-/m0/s1. The Kier molecular flexibility index (Phi) is 5.77. The zero-order valence-electron chi connectivity index (χ0n) is 11.1. The zero-order valence-corrected chi connectivity index (χ0v) is 13.4. The Labute approximate surface area is 129 Å². The summed E-state index contributed by atoms with van der Waals surface area (Å²) in [5, 5.41) is 0.0476. The highest BCUT2D eigenvalue weighted by Gasteiger charge is 2.43. The first-order valence-electron chi connectivity index (χ1n) is 6.85. The largest absolute Gasteiger partial charge is 0.371 e. The third-order valence-electron chi connectivity index (χ3n) is 3.82. The summed E-state index contributed by atoms with van der Waals surface area (Å²) in [7, 11) is 0. The van der Waals surface area contributed by atoms with Gasteiger partial charge in [-0.25, -0.2) is 0 Å². The lowest BCUT2D eigenvalue weighted by molar-refractivity contribution is -0.0500. The van der Waals surface area contributed by atoms with E-state index in [2.05, 4.69) is 28.8 Å². The predicted octanol–water partition coefficient (Wildman–Crippen LogP) is 3.66. The van der Waals surface area contributed by atoms with Crippen molar-refractivity contribution in [2.24, 2.45) is 0 Å². The minimum absolute atomic E-state index is 0.0476. The second-order valence-corrected chi connectivity index (χ2v) is 6.88. The summed E-state index contributed by atoms with van der Waals surface area (Å²) in [6, 6.07) is 0. The molecule has 6 atom stereocenters. The molecule has 2 fully saturated rings. The van der Waals surface area contributed by atoms with Crippen molar-refractivity contribution in [3.05, 3.63) is 12.2 Å². The van der Waals surface area contributed by atoms with Gasteiger partial charge in [-0.1, -0.05) is 34.9 Å². The molecule has 2 aliphatic rings. The molecule has 2 heterocycles. The summed E-state index contributed by atoms with van der Waals surface area (Å²) < 4.78 is 12.3. The predicted molar refractivity (Wildman–Crippen MR) is 81.8 cm³/mol. The summed E-state index contributed by atoms with van der Waals surface area (Å²) in [6.07, 6.45) is 12.9. The molecule has 106 valence electrons. The molecule has 0 amide bonds. The summed E-state index contributed by atoms with van der Waals surface area (Å²) in [4.78, 5) is 0.300. The van der Waals surface area contributed by atoms with E-state index in [-0.39, 0.29) is 29.8 Å². The average Bonchev–Trinajstić information content (AvgIpc) is 2.79. The molecule has 0 aliphatic carbocycles. The van der Waals surface area contributed by atoms with Crippen LogP contribution in [0.2, 0.25) is 0 Å². The fourth-order valence-electron chi connectivity index (χ4n) is 2.78. The lowest BCUT2D eigenvalue weighted by atomic mass is 9.99. The van der Waals surface area contributed by atoms with Crippen molar-refractivity contribution >= 4 is 27.5 Å². The van der Waals surface area contributed by atoms with E-state index in [1.807, 2.05) is 6.08 Å². The van der Waals surface area contributed by atoms with Gasteiger partial charge >= 0.3 is 0 Å². The SMILES string of the molecule is C#C/C=C/CC1O[C@H]2C[C@@H]1O[C@H](CC)[C@@H](Br)C[C@@H]2Cl. The third kappa shape index (κ3) is 3.76. The van der Waals surface area contributed by atoms with Crippen LogP contribution in [0, 0.1) is 12.3 Å². The molecule has 0 saturated carbocycles. The monoisotopic (exact) mass is 346 g/mol. The molecule has 4 heteroatoms. The van der Waals surface area contributed by atoms with Crippen LogP contribution in [-0.2, 0) is 9.47 Å². The van der Waals surface area contributed by atoms with Crippen molar-refractivity contribution in [2.75, 3.05) is 0 Å². The number of fused-ring (bicyclic) bond motifs is 2. The number of hydrogen-bond donors (Lipinski definition) is 0. The topological polar surface area (TPSA) is 18.5 Å². The Morgan fingerprint density at radius 3 is 2.74 bits per heavy atom. The smallest absolute Gasteiger partial charge is 0.0876 e. The van der Waals surface area contributed by atoms with Crippen LogP contribution >= 0.6 is 27.5 Å². The van der Waals surface area contributed by atoms with Gasteiger partial charge < -0.3 is 9.47 Å². The quantitative estimate of drug-likeness (QED) is 0.573. The highest BCUT2D eigenvalue weighted by atomic mass is 79.9. The zero-order chi connectivity index (χ0) is 13.8. The van der Waals surface area contributed by atoms with E-state index in [9.17, 15) is 0 Å². The molecule has 0 aromatic heterocycles. The highest BCUT2D eigenvalue weighted by molar-refractivity contribution is 9.09. The number of rotatable bonds is 3. The molecule has 2 saturated heterocycles. The van der Waals surface area contributed by atoms with Crippen molar-refractivity contribution in [2.45, 2.75) is 67.2 Å². The van der Waals surface area contributed by atoms with Gasteiger partial charge in [-0.2, -0.15) is 0 Å². The first kappa shape index (κ1) is 15.4. The van der Waals surface area contributed by atoms with E-state index in [0.29, 0.717) is 4.83 Å². The normalized spacial score (nSPS) is 42.8. The van der Waals surface area contributed by atoms with E-state index in [4.69, 9.17) is 27.5 Å². The molecular weight excluding hydrogens is 328 g/mol. The number of alkyl halides is 2. The van der Waals surface area contributed by atoms with Crippen LogP contribution in [0.1, 0.15) is 32.6 Å². The van der Waals surface area contributed by atoms with Crippen LogP contribution < -0.4 is 0 Å². The van der Waals surface area contributed by atoms with Crippen molar-refractivity contribution in [1.82, 2.24) is 0 Å². The van der Waals surface area contributed by atoms with Crippen LogP contribution in [0.5, 0.6) is 0 Å². The number of allylic oxidation sites excluding steroid dienone is 1. The minimum atomic E-state index is 0.0476. The molecule has 0 radical (unpaired) electrons. The molecule has 2 rings (SSSR count). The second kappa shape index (κ2) is 7.13. The molecule has 2 aliphatic heterocycles. The average molecular weight is 348 g/mol. The molecule has 0 aromatic carbocycles. The van der Waals surface area contributed by atoms with Gasteiger partial charge in [0.05, 0.1) is 29.8 Å². The van der Waals surface area contributed by atoms with Gasteiger partial charge in [0.2, 0.25) is 0 Å². The maximum Gasteiger partial charge on any atom is 0.0876 e. The fraction of sp³-hybridized carbons (Fsp3) is 0.733. The Morgan fingerprint density at radius 1 is 1.32 bits per heavy atom. The maximum absolute atomic E-state index is 6.47. The molecule has 2 bridgehead atoms. The molecule has 0 spiro atoms. The van der Waals surface area contributed by atoms with Crippen LogP contribution in [0.3, 0.4) is 0 Å². The highest BCUT2D eigenvalue weighted by Crippen LogP contribution is 2.37. The van der Waals surface area contributed by atoms with Crippen molar-refractivity contribution < 1.29 is 9.47 Å². The van der Waals surface area contributed by atoms with Gasteiger partial charge in [0.15, 0.2) is 0 Å². The molecular formula is C15H20BrClO2. The van der Waals surface area contributed by atoms with Crippen molar-refractivity contribution in [3.8, 4) is 12.3 Å². The van der Waals surface area contributed by atoms with Gasteiger partial charge in [-0.3, -0.25) is 0 Å². The van der Waals surface area contributed by atoms with Crippen LogP contribution in [0.25, 0.3) is 0 Å². The van der Waals surface area contributed by atoms with Gasteiger partial charge in [0.1, 0.15) is 0 Å². The number of halogens is 2. The first-order chi connectivity index (χ1) is 9.15. The van der Waals surface area contributed by atoms with Crippen LogP contribution in [0.4, 0.5) is 0 Å². The number of terminal acetylenes is 1. The Bertz CT molecular complexity index is 366. The molecule has 1 unspecified atom stereocenters. The number of ether oxygens (including phenoxy) is 2. The molecule has 19 heavy (non-hydrogen) atoms. The molecule has 0 N–H and O–H groups in total. The van der Waals surface area contributed by atoms with Gasteiger partial charge in [0.25, 0.3) is 0 Å². The van der Waals surface area contributed by atoms with E-state index < -0.39 is 0 Å². The van der Waals surface area contributed by atoms with Crippen molar-refractivity contribution in [3.63, 3.8) is 0 Å². The number of hydrogen-bond acceptors (Lipinski definition) is 2. The molecule has 2 nitrogen and oxygen atoms in total. The Morgan fingerprint density at radius 2 is 2.05 bits per heavy atom. The van der Waals surface area contributed by atoms with Crippen molar-refractivity contribution in [1.29, 1.82) is 0 Å². The first-order valence-corrected chi connectivity index (χ1v) is 8.21. The van der Waals surface area contributed by atoms with E-state index in [1.165, 1.54) is 0 Å². The van der Waals surface area contributed by atoms with E-state index in [1.54, 1.807) is 6.08 Å². The maximum atomic E-state index is 6.47. The minimum Gasteiger partial charge on any atom is -0.371 e. The second-order valence-electron chi connectivity index (χ2n) is 5.14. The van der Waals surface area contributed by atoms with E-state index >= 15 is 0 Å². The summed E-state index contributed by atoms with van der Waals surface area (Å²) in [6.45, 7) is 2.14. The Balaban J connectivity index is 2.07. The van der Waals surface area contributed by atoms with E-state index in [0.717, 1.165) is 25.7 Å². The lowest BCUT2D eigenvalue weighted by Gasteiger charge is -2.30. The van der Waals surface area contributed by atoms with Crippen LogP contribution in [0.15, 0.2) is 12.2 Å². The fourth-order valence-corrected chi connectivity index (χ4v) is 4.25.